The van der Waals surface area contributed by atoms with Crippen molar-refractivity contribution < 1.29 is 9.53 Å². The highest BCUT2D eigenvalue weighted by atomic mass is 79.9. The Morgan fingerprint density at radius 2 is 2.00 bits per heavy atom. The average molecular weight is 506 g/mol. The third-order valence-electron chi connectivity index (χ3n) is 3.75. The number of benzene rings is 1. The fraction of sp³-hybridized carbons (Fsp3) is 0.167. The van der Waals surface area contributed by atoms with E-state index in [0.29, 0.717) is 22.8 Å². The number of pyridine rings is 1. The first-order valence-electron chi connectivity index (χ1n) is 8.05. The van der Waals surface area contributed by atoms with Gasteiger partial charge in [-0.3, -0.25) is 4.79 Å². The van der Waals surface area contributed by atoms with E-state index in [4.69, 9.17) is 10.00 Å². The number of ether oxygens (including phenoxy) is 1. The van der Waals surface area contributed by atoms with Gasteiger partial charge in [-0.2, -0.15) is 14.9 Å². The van der Waals surface area contributed by atoms with Gasteiger partial charge in [-0.1, -0.05) is 31.9 Å². The Hall–Kier alpha value is -2.77. The monoisotopic (exact) mass is 504 g/mol. The van der Waals surface area contributed by atoms with Gasteiger partial charge in [-0.15, -0.1) is 5.10 Å². The second-order valence-electron chi connectivity index (χ2n) is 5.74. The number of halogens is 2. The number of carbonyl (C=O) groups is 1. The highest BCUT2D eigenvalue weighted by Crippen LogP contribution is 2.22. The Balaban J connectivity index is 1.90. The van der Waals surface area contributed by atoms with E-state index in [1.165, 1.54) is 18.0 Å². The quantitative estimate of drug-likeness (QED) is 0.568. The van der Waals surface area contributed by atoms with Crippen molar-refractivity contribution in [2.24, 2.45) is 0 Å². The number of aromatic nitrogens is 4. The molecule has 0 unspecified atom stereocenters. The van der Waals surface area contributed by atoms with Crippen molar-refractivity contribution in [2.45, 2.75) is 13.0 Å². The minimum Gasteiger partial charge on any atom is -0.466 e. The van der Waals surface area contributed by atoms with Crippen LogP contribution < -0.4 is 10.1 Å². The van der Waals surface area contributed by atoms with Gasteiger partial charge in [0.1, 0.15) is 6.07 Å². The van der Waals surface area contributed by atoms with Crippen LogP contribution in [0.2, 0.25) is 0 Å². The maximum absolute atomic E-state index is 12.6. The Morgan fingerprint density at radius 1 is 1.29 bits per heavy atom. The second kappa shape index (κ2) is 8.50. The minimum atomic E-state index is -0.487. The number of hydrogen-bond donors (Lipinski definition) is 1. The fourth-order valence-corrected chi connectivity index (χ4v) is 3.74. The van der Waals surface area contributed by atoms with Gasteiger partial charge in [0.05, 0.1) is 18.7 Å². The van der Waals surface area contributed by atoms with Crippen molar-refractivity contribution in [3.63, 3.8) is 0 Å². The topological polar surface area (TPSA) is 106 Å². The lowest BCUT2D eigenvalue weighted by Gasteiger charge is -2.14. The molecule has 3 rings (SSSR count). The van der Waals surface area contributed by atoms with E-state index in [9.17, 15) is 4.79 Å². The first kappa shape index (κ1) is 20.0. The van der Waals surface area contributed by atoms with Crippen molar-refractivity contribution >= 4 is 37.8 Å². The average Bonchev–Trinajstić information content (AvgIpc) is 3.12. The number of hydrogen-bond acceptors (Lipinski definition) is 6. The summed E-state index contributed by atoms with van der Waals surface area (Å²) in [6.45, 7) is 1.79. The Labute approximate surface area is 177 Å². The van der Waals surface area contributed by atoms with Gasteiger partial charge in [0.2, 0.25) is 0 Å². The summed E-state index contributed by atoms with van der Waals surface area (Å²) in [5, 5.41) is 16.1. The van der Waals surface area contributed by atoms with E-state index >= 15 is 0 Å². The molecule has 1 N–H and O–H groups in total. The van der Waals surface area contributed by atoms with E-state index in [2.05, 4.69) is 52.2 Å². The maximum atomic E-state index is 12.6. The van der Waals surface area contributed by atoms with Crippen LogP contribution in [-0.2, 0) is 0 Å². The number of nitriles is 1. The number of nitrogens with one attached hydrogen (secondary N) is 1. The highest BCUT2D eigenvalue weighted by molar-refractivity contribution is 9.11. The van der Waals surface area contributed by atoms with Gasteiger partial charge in [0.25, 0.3) is 5.91 Å². The zero-order valence-corrected chi connectivity index (χ0v) is 18.0. The lowest BCUT2D eigenvalue weighted by molar-refractivity contribution is 0.0937. The number of methoxy groups -OCH3 is 1. The molecule has 0 aliphatic heterocycles. The molecule has 142 valence electrons. The third kappa shape index (κ3) is 4.37. The van der Waals surface area contributed by atoms with E-state index < -0.39 is 6.04 Å². The van der Waals surface area contributed by atoms with Crippen molar-refractivity contribution in [1.29, 1.82) is 5.26 Å². The smallest absolute Gasteiger partial charge is 0.335 e. The summed E-state index contributed by atoms with van der Waals surface area (Å²) in [6, 6.07) is 10.2. The van der Waals surface area contributed by atoms with Crippen LogP contribution in [0, 0.1) is 11.3 Å². The van der Waals surface area contributed by atoms with E-state index in [0.717, 1.165) is 8.95 Å². The summed E-state index contributed by atoms with van der Waals surface area (Å²) in [6.07, 6.45) is 1.44. The summed E-state index contributed by atoms with van der Waals surface area (Å²) >= 11 is 6.75. The molecule has 0 fully saturated rings. The zero-order chi connectivity index (χ0) is 20.3. The number of nitrogens with zero attached hydrogens (tertiary/aromatic N) is 5. The standard InChI is InChI=1S/C18H14Br2N6O2/c1-10(23-17(27)12-5-13(19)7-14(20)6-12)16-24-18(28-2)25-26(16)15-4-3-11(8-21)9-22-15/h3-7,9-10H,1-2H3,(H,23,27)/t10-/m0/s1. The maximum Gasteiger partial charge on any atom is 0.335 e. The molecule has 0 saturated heterocycles. The summed E-state index contributed by atoms with van der Waals surface area (Å²) in [5.74, 6) is 0.628. The Bertz CT molecular complexity index is 1040. The van der Waals surface area contributed by atoms with Crippen LogP contribution in [0.25, 0.3) is 5.82 Å². The molecule has 1 aromatic carbocycles. The molecule has 0 aliphatic carbocycles. The van der Waals surface area contributed by atoms with Crippen LogP contribution in [0.5, 0.6) is 6.01 Å². The highest BCUT2D eigenvalue weighted by Gasteiger charge is 2.21. The molecule has 2 heterocycles. The third-order valence-corrected chi connectivity index (χ3v) is 4.66. The molecule has 1 amide bonds. The molecule has 0 radical (unpaired) electrons. The summed E-state index contributed by atoms with van der Waals surface area (Å²) in [5.41, 5.74) is 0.918. The van der Waals surface area contributed by atoms with Gasteiger partial charge in [0.15, 0.2) is 11.6 Å². The lowest BCUT2D eigenvalue weighted by atomic mass is 10.2. The summed E-state index contributed by atoms with van der Waals surface area (Å²) < 4.78 is 8.17. The largest absolute Gasteiger partial charge is 0.466 e. The van der Waals surface area contributed by atoms with Crippen molar-refractivity contribution in [2.75, 3.05) is 7.11 Å². The van der Waals surface area contributed by atoms with Crippen LogP contribution in [0.15, 0.2) is 45.5 Å². The predicted molar refractivity (Wildman–Crippen MR) is 108 cm³/mol. The molecule has 8 nitrogen and oxygen atoms in total. The number of rotatable bonds is 5. The summed E-state index contributed by atoms with van der Waals surface area (Å²) in [7, 11) is 1.46. The van der Waals surface area contributed by atoms with Crippen LogP contribution in [0.3, 0.4) is 0 Å². The van der Waals surface area contributed by atoms with Crippen molar-refractivity contribution in [3.05, 3.63) is 62.4 Å². The van der Waals surface area contributed by atoms with Gasteiger partial charge < -0.3 is 10.1 Å². The van der Waals surface area contributed by atoms with E-state index in [1.54, 1.807) is 31.2 Å². The van der Waals surface area contributed by atoms with E-state index in [-0.39, 0.29) is 11.9 Å². The van der Waals surface area contributed by atoms with Gasteiger partial charge >= 0.3 is 6.01 Å². The SMILES string of the molecule is COc1nc([C@H](C)NC(=O)c2cc(Br)cc(Br)c2)n(-c2ccc(C#N)cn2)n1. The molecule has 1 atom stereocenters. The number of amides is 1. The molecule has 3 aromatic rings. The van der Waals surface area contributed by atoms with Crippen LogP contribution in [0.4, 0.5) is 0 Å². The first-order valence-corrected chi connectivity index (χ1v) is 9.64. The second-order valence-corrected chi connectivity index (χ2v) is 7.57. The molecule has 0 bridgehead atoms. The van der Waals surface area contributed by atoms with Gasteiger partial charge in [-0.25, -0.2) is 4.98 Å². The zero-order valence-electron chi connectivity index (χ0n) is 14.8. The normalized spacial score (nSPS) is 11.5. The fourth-order valence-electron chi connectivity index (χ4n) is 2.45. The first-order chi connectivity index (χ1) is 13.4. The molecule has 10 heteroatoms. The molecule has 0 saturated carbocycles. The van der Waals surface area contributed by atoms with Crippen LogP contribution >= 0.6 is 31.9 Å². The van der Waals surface area contributed by atoms with Gasteiger partial charge in [-0.05, 0) is 37.3 Å². The van der Waals surface area contributed by atoms with E-state index in [1.807, 2.05) is 12.1 Å². The molecule has 0 aliphatic rings. The lowest BCUT2D eigenvalue weighted by Crippen LogP contribution is -2.28. The molecule has 2 aromatic heterocycles. The minimum absolute atomic E-state index is 0.146. The number of carbonyl (C=O) groups excluding carboxylic acids is 1. The van der Waals surface area contributed by atoms with Gasteiger partial charge in [0, 0.05) is 20.7 Å². The molecular formula is C18H14Br2N6O2. The molecule has 0 spiro atoms. The van der Waals surface area contributed by atoms with Crippen LogP contribution in [0.1, 0.15) is 34.7 Å². The molecular weight excluding hydrogens is 492 g/mol. The summed E-state index contributed by atoms with van der Waals surface area (Å²) in [4.78, 5) is 21.2. The predicted octanol–water partition coefficient (Wildman–Crippen LogP) is 3.56. The van der Waals surface area contributed by atoms with Crippen LogP contribution in [-0.4, -0.2) is 32.8 Å². The van der Waals surface area contributed by atoms with Crippen molar-refractivity contribution in [3.8, 4) is 17.9 Å². The Kier molecular flexibility index (Phi) is 6.06. The Morgan fingerprint density at radius 3 is 2.57 bits per heavy atom. The molecule has 28 heavy (non-hydrogen) atoms. The van der Waals surface area contributed by atoms with Crippen molar-refractivity contribution in [1.82, 2.24) is 25.1 Å².